The highest BCUT2D eigenvalue weighted by molar-refractivity contribution is 5.88. The van der Waals surface area contributed by atoms with Gasteiger partial charge in [-0.15, -0.1) is 0 Å². The Morgan fingerprint density at radius 2 is 1.67 bits per heavy atom. The minimum atomic E-state index is -0.550. The van der Waals surface area contributed by atoms with E-state index in [-0.39, 0.29) is 17.7 Å². The number of carbonyl (C=O) groups is 1. The van der Waals surface area contributed by atoms with E-state index >= 15 is 0 Å². The molecule has 1 fully saturated rings. The van der Waals surface area contributed by atoms with Gasteiger partial charge in [-0.05, 0) is 30.2 Å². The molecule has 0 spiro atoms. The summed E-state index contributed by atoms with van der Waals surface area (Å²) >= 11 is 0. The first-order chi connectivity index (χ1) is 11.6. The Balaban J connectivity index is 1.68. The molecule has 120 valence electrons. The lowest BCUT2D eigenvalue weighted by Gasteiger charge is -2.07. The molecule has 1 saturated carbocycles. The third-order valence-corrected chi connectivity index (χ3v) is 5.16. The number of oxazole rings is 1. The Labute approximate surface area is 140 Å². The number of nitrogens with two attached hydrogens (primary N) is 1. The molecule has 1 aromatic heterocycles. The predicted octanol–water partition coefficient (Wildman–Crippen LogP) is 3.71. The van der Waals surface area contributed by atoms with Crippen molar-refractivity contribution >= 4 is 5.91 Å². The van der Waals surface area contributed by atoms with E-state index in [0.717, 1.165) is 16.7 Å². The largest absolute Gasteiger partial charge is 0.445 e. The van der Waals surface area contributed by atoms with Gasteiger partial charge in [0.1, 0.15) is 6.26 Å². The van der Waals surface area contributed by atoms with Crippen LogP contribution in [0.4, 0.5) is 0 Å². The third kappa shape index (κ3) is 2.14. The number of rotatable bonds is 4. The predicted molar refractivity (Wildman–Crippen MR) is 91.2 cm³/mol. The molecule has 0 bridgehead atoms. The summed E-state index contributed by atoms with van der Waals surface area (Å²) < 4.78 is 5.32. The second-order valence-electron chi connectivity index (χ2n) is 6.47. The van der Waals surface area contributed by atoms with E-state index in [4.69, 9.17) is 10.2 Å². The normalized spacial score (nSPS) is 25.4. The van der Waals surface area contributed by atoms with Crippen LogP contribution in [0.3, 0.4) is 0 Å². The Morgan fingerprint density at radius 3 is 2.21 bits per heavy atom. The van der Waals surface area contributed by atoms with Crippen LogP contribution in [0, 0.1) is 5.41 Å². The number of hydrogen-bond acceptors (Lipinski definition) is 3. The van der Waals surface area contributed by atoms with Crippen molar-refractivity contribution in [3.63, 3.8) is 0 Å². The molecule has 0 radical (unpaired) electrons. The number of benzene rings is 2. The van der Waals surface area contributed by atoms with Gasteiger partial charge in [0.15, 0.2) is 0 Å². The highest BCUT2D eigenvalue weighted by Crippen LogP contribution is 2.69. The summed E-state index contributed by atoms with van der Waals surface area (Å²) in [5.74, 6) is 0.549. The number of hydrogen-bond donors (Lipinski definition) is 1. The smallest absolute Gasteiger partial charge is 0.225 e. The highest BCUT2D eigenvalue weighted by Gasteiger charge is 2.66. The molecule has 24 heavy (non-hydrogen) atoms. The molecule has 4 heteroatoms. The van der Waals surface area contributed by atoms with E-state index in [0.29, 0.717) is 5.89 Å². The van der Waals surface area contributed by atoms with Crippen LogP contribution >= 0.6 is 0 Å². The van der Waals surface area contributed by atoms with Crippen LogP contribution in [0.2, 0.25) is 0 Å². The van der Waals surface area contributed by atoms with E-state index < -0.39 is 5.41 Å². The van der Waals surface area contributed by atoms with Crippen molar-refractivity contribution in [3.8, 4) is 11.5 Å². The lowest BCUT2D eigenvalue weighted by atomic mass is 9.99. The Bertz CT molecular complexity index is 856. The fourth-order valence-corrected chi connectivity index (χ4v) is 3.76. The van der Waals surface area contributed by atoms with Crippen molar-refractivity contribution < 1.29 is 9.21 Å². The summed E-state index contributed by atoms with van der Waals surface area (Å²) in [6.07, 6.45) is 3.18. The number of amides is 1. The minimum Gasteiger partial charge on any atom is -0.445 e. The second-order valence-corrected chi connectivity index (χ2v) is 6.47. The summed E-state index contributed by atoms with van der Waals surface area (Å²) in [5.41, 5.74) is 8.36. The zero-order valence-electron chi connectivity index (χ0n) is 13.3. The molecule has 4 nitrogen and oxygen atoms in total. The van der Waals surface area contributed by atoms with Crippen molar-refractivity contribution in [2.24, 2.45) is 11.1 Å². The van der Waals surface area contributed by atoms with Gasteiger partial charge in [-0.25, -0.2) is 4.98 Å². The van der Waals surface area contributed by atoms with Crippen LogP contribution in [0.25, 0.3) is 11.5 Å². The van der Waals surface area contributed by atoms with Gasteiger partial charge >= 0.3 is 0 Å². The average Bonchev–Trinajstić information content (AvgIpc) is 2.97. The maximum Gasteiger partial charge on any atom is 0.225 e. The quantitative estimate of drug-likeness (QED) is 0.797. The molecule has 2 aromatic carbocycles. The van der Waals surface area contributed by atoms with Crippen LogP contribution in [0.15, 0.2) is 71.5 Å². The minimum absolute atomic E-state index is 0.0935. The van der Waals surface area contributed by atoms with E-state index in [2.05, 4.69) is 17.1 Å². The molecule has 1 aliphatic carbocycles. The maximum atomic E-state index is 12.1. The summed E-state index contributed by atoms with van der Waals surface area (Å²) in [6, 6.07) is 18.1. The average molecular weight is 318 g/mol. The van der Waals surface area contributed by atoms with Crippen molar-refractivity contribution in [1.82, 2.24) is 4.98 Å². The molecular weight excluding hydrogens is 300 g/mol. The van der Waals surface area contributed by atoms with E-state index in [1.807, 2.05) is 49.4 Å². The molecule has 1 amide bonds. The van der Waals surface area contributed by atoms with E-state index in [1.54, 1.807) is 12.5 Å². The highest BCUT2D eigenvalue weighted by atomic mass is 16.3. The van der Waals surface area contributed by atoms with Crippen LogP contribution < -0.4 is 5.73 Å². The SMILES string of the molecule is CC1(C(N)=O)C(c2ccccc2)C1c1ccc(-c2ncco2)cc1. The third-order valence-electron chi connectivity index (χ3n) is 5.16. The van der Waals surface area contributed by atoms with Crippen LogP contribution in [-0.2, 0) is 4.79 Å². The molecule has 1 heterocycles. The lowest BCUT2D eigenvalue weighted by Crippen LogP contribution is -2.24. The summed E-state index contributed by atoms with van der Waals surface area (Å²) in [7, 11) is 0. The van der Waals surface area contributed by atoms with Gasteiger partial charge < -0.3 is 10.2 Å². The molecular formula is C20H18N2O2. The topological polar surface area (TPSA) is 69.1 Å². The Hall–Kier alpha value is -2.88. The standard InChI is InChI=1S/C20H18N2O2/c1-20(19(21)23)16(13-5-3-2-4-6-13)17(20)14-7-9-15(10-8-14)18-22-11-12-24-18/h2-12,16-17H,1H3,(H2,21,23). The van der Waals surface area contributed by atoms with Gasteiger partial charge in [0.05, 0.1) is 11.6 Å². The molecule has 3 unspecified atom stereocenters. The number of carbonyl (C=O) groups excluding carboxylic acids is 1. The van der Waals surface area contributed by atoms with Crippen molar-refractivity contribution in [2.45, 2.75) is 18.8 Å². The molecule has 3 aromatic rings. The van der Waals surface area contributed by atoms with Gasteiger partial charge in [-0.3, -0.25) is 4.79 Å². The van der Waals surface area contributed by atoms with Gasteiger partial charge in [0.25, 0.3) is 0 Å². The van der Waals surface area contributed by atoms with E-state index in [9.17, 15) is 4.79 Å². The van der Waals surface area contributed by atoms with Crippen LogP contribution in [0.5, 0.6) is 0 Å². The first-order valence-electron chi connectivity index (χ1n) is 7.97. The van der Waals surface area contributed by atoms with Gasteiger partial charge in [-0.2, -0.15) is 0 Å². The first kappa shape index (κ1) is 14.7. The Kier molecular flexibility index (Phi) is 3.27. The number of aromatic nitrogens is 1. The number of primary amides is 1. The Morgan fingerprint density at radius 1 is 1.04 bits per heavy atom. The van der Waals surface area contributed by atoms with Gasteiger partial charge in [-0.1, -0.05) is 42.5 Å². The first-order valence-corrected chi connectivity index (χ1v) is 7.97. The summed E-state index contributed by atoms with van der Waals surface area (Å²) in [5, 5.41) is 0. The molecule has 1 aliphatic rings. The van der Waals surface area contributed by atoms with Crippen LogP contribution in [0.1, 0.15) is 29.9 Å². The monoisotopic (exact) mass is 318 g/mol. The maximum absolute atomic E-state index is 12.1. The fraction of sp³-hybridized carbons (Fsp3) is 0.200. The molecule has 0 saturated heterocycles. The molecule has 3 atom stereocenters. The van der Waals surface area contributed by atoms with Crippen molar-refractivity contribution in [1.29, 1.82) is 0 Å². The summed E-state index contributed by atoms with van der Waals surface area (Å²) in [4.78, 5) is 16.3. The number of nitrogens with zero attached hydrogens (tertiary/aromatic N) is 1. The van der Waals surface area contributed by atoms with Gasteiger partial charge in [0, 0.05) is 17.4 Å². The van der Waals surface area contributed by atoms with Crippen molar-refractivity contribution in [3.05, 3.63) is 78.2 Å². The molecule has 4 rings (SSSR count). The van der Waals surface area contributed by atoms with Gasteiger partial charge in [0.2, 0.25) is 11.8 Å². The molecule has 0 aliphatic heterocycles. The second kappa shape index (κ2) is 5.34. The fourth-order valence-electron chi connectivity index (χ4n) is 3.76. The van der Waals surface area contributed by atoms with Crippen LogP contribution in [-0.4, -0.2) is 10.9 Å². The zero-order valence-corrected chi connectivity index (χ0v) is 13.3. The summed E-state index contributed by atoms with van der Waals surface area (Å²) in [6.45, 7) is 1.96. The lowest BCUT2D eigenvalue weighted by molar-refractivity contribution is -0.122. The molecule has 2 N–H and O–H groups in total. The zero-order chi connectivity index (χ0) is 16.7. The van der Waals surface area contributed by atoms with Crippen molar-refractivity contribution in [2.75, 3.05) is 0 Å². The van der Waals surface area contributed by atoms with E-state index in [1.165, 1.54) is 0 Å².